The molecule has 1 atom stereocenters. The van der Waals surface area contributed by atoms with Crippen molar-refractivity contribution in [1.82, 2.24) is 15.1 Å². The van der Waals surface area contributed by atoms with Crippen LogP contribution >= 0.6 is 0 Å². The van der Waals surface area contributed by atoms with E-state index in [4.69, 9.17) is 4.74 Å². The van der Waals surface area contributed by atoms with Crippen molar-refractivity contribution in [3.8, 4) is 0 Å². The Kier molecular flexibility index (Phi) is 3.98. The van der Waals surface area contributed by atoms with E-state index < -0.39 is 6.09 Å². The molecule has 0 aromatic carbocycles. The number of carbonyl (C=O) groups excluding carboxylic acids is 3. The van der Waals surface area contributed by atoms with Crippen LogP contribution in [-0.4, -0.2) is 59.6 Å². The molecule has 3 aliphatic rings. The van der Waals surface area contributed by atoms with Gasteiger partial charge in [0.05, 0.1) is 6.04 Å². The van der Waals surface area contributed by atoms with Crippen LogP contribution in [0.4, 0.5) is 9.59 Å². The zero-order valence-electron chi connectivity index (χ0n) is 12.0. The third-order valence-corrected chi connectivity index (χ3v) is 4.53. The molecule has 4 amide bonds. The van der Waals surface area contributed by atoms with Gasteiger partial charge in [0.2, 0.25) is 0 Å². The molecule has 21 heavy (non-hydrogen) atoms. The molecule has 7 heteroatoms. The number of hydrogen-bond donors (Lipinski definition) is 1. The molecule has 0 bridgehead atoms. The topological polar surface area (TPSA) is 79.0 Å². The van der Waals surface area contributed by atoms with E-state index in [1.165, 1.54) is 19.3 Å². The van der Waals surface area contributed by atoms with Crippen LogP contribution < -0.4 is 5.32 Å². The Morgan fingerprint density at radius 2 is 1.90 bits per heavy atom. The first-order valence-electron chi connectivity index (χ1n) is 7.69. The molecule has 0 aromatic heterocycles. The van der Waals surface area contributed by atoms with Crippen LogP contribution in [0.2, 0.25) is 0 Å². The quantitative estimate of drug-likeness (QED) is 0.827. The Balaban J connectivity index is 1.52. The van der Waals surface area contributed by atoms with Crippen molar-refractivity contribution in [3.05, 3.63) is 0 Å². The minimum absolute atomic E-state index is 0.0792. The second-order valence-electron chi connectivity index (χ2n) is 5.99. The third-order valence-electron chi connectivity index (χ3n) is 4.53. The van der Waals surface area contributed by atoms with Crippen LogP contribution in [0.1, 0.15) is 38.5 Å². The first-order chi connectivity index (χ1) is 10.1. The van der Waals surface area contributed by atoms with Crippen LogP contribution in [-0.2, 0) is 9.53 Å². The first kappa shape index (κ1) is 14.2. The van der Waals surface area contributed by atoms with Gasteiger partial charge < -0.3 is 15.0 Å². The summed E-state index contributed by atoms with van der Waals surface area (Å²) in [5.41, 5.74) is 0. The fourth-order valence-corrected chi connectivity index (χ4v) is 3.37. The molecule has 1 N–H and O–H groups in total. The number of amides is 4. The number of hydrogen-bond acceptors (Lipinski definition) is 4. The van der Waals surface area contributed by atoms with Crippen molar-refractivity contribution in [3.63, 3.8) is 0 Å². The molecule has 1 aliphatic carbocycles. The molecular weight excluding hydrogens is 274 g/mol. The van der Waals surface area contributed by atoms with E-state index in [0.29, 0.717) is 19.5 Å². The Labute approximate surface area is 123 Å². The first-order valence-corrected chi connectivity index (χ1v) is 7.69. The Bertz CT molecular complexity index is 432. The summed E-state index contributed by atoms with van der Waals surface area (Å²) in [5, 5.41) is 3.06. The lowest BCUT2D eigenvalue weighted by Gasteiger charge is -2.26. The molecule has 116 valence electrons. The summed E-state index contributed by atoms with van der Waals surface area (Å²) in [6, 6.07) is -0.0577. The van der Waals surface area contributed by atoms with Gasteiger partial charge in [-0.2, -0.15) is 0 Å². The zero-order chi connectivity index (χ0) is 14.8. The van der Waals surface area contributed by atoms with Crippen molar-refractivity contribution in [2.24, 2.45) is 0 Å². The van der Waals surface area contributed by atoms with Gasteiger partial charge in [0.15, 0.2) is 6.61 Å². The lowest BCUT2D eigenvalue weighted by atomic mass is 9.96. The molecule has 7 nitrogen and oxygen atoms in total. The van der Waals surface area contributed by atoms with Gasteiger partial charge in [0, 0.05) is 19.1 Å². The summed E-state index contributed by atoms with van der Waals surface area (Å²) >= 11 is 0. The van der Waals surface area contributed by atoms with Gasteiger partial charge in [-0.15, -0.1) is 0 Å². The van der Waals surface area contributed by atoms with Crippen molar-refractivity contribution < 1.29 is 19.1 Å². The minimum atomic E-state index is -0.584. The summed E-state index contributed by atoms with van der Waals surface area (Å²) in [6.07, 6.45) is 5.71. The number of nitrogens with one attached hydrogen (secondary N) is 1. The van der Waals surface area contributed by atoms with E-state index >= 15 is 0 Å². The van der Waals surface area contributed by atoms with Gasteiger partial charge in [0.25, 0.3) is 5.91 Å². The normalized spacial score (nSPS) is 27.1. The summed E-state index contributed by atoms with van der Waals surface area (Å²) in [6.45, 7) is 0.795. The molecule has 3 rings (SSSR count). The molecule has 2 aliphatic heterocycles. The molecular formula is C14H21N3O4. The van der Waals surface area contributed by atoms with Crippen molar-refractivity contribution >= 4 is 18.0 Å². The number of carbonyl (C=O) groups is 3. The number of nitrogens with zero attached hydrogens (tertiary/aromatic N) is 2. The van der Waals surface area contributed by atoms with Crippen molar-refractivity contribution in [2.75, 3.05) is 19.7 Å². The average Bonchev–Trinajstić information content (AvgIpc) is 3.07. The molecule has 0 radical (unpaired) electrons. The third kappa shape index (κ3) is 2.96. The second-order valence-corrected chi connectivity index (χ2v) is 5.99. The van der Waals surface area contributed by atoms with Gasteiger partial charge in [0.1, 0.15) is 0 Å². The largest absolute Gasteiger partial charge is 0.439 e. The molecule has 1 unspecified atom stereocenters. The Morgan fingerprint density at radius 1 is 1.14 bits per heavy atom. The van der Waals surface area contributed by atoms with Gasteiger partial charge in [-0.1, -0.05) is 19.3 Å². The summed E-state index contributed by atoms with van der Waals surface area (Å²) in [5.74, 6) is -0.306. The van der Waals surface area contributed by atoms with Crippen LogP contribution in [0.5, 0.6) is 0 Å². The highest BCUT2D eigenvalue weighted by molar-refractivity contribution is 5.98. The predicted molar refractivity (Wildman–Crippen MR) is 73.6 cm³/mol. The Hall–Kier alpha value is -1.79. The van der Waals surface area contributed by atoms with E-state index in [2.05, 4.69) is 5.32 Å². The maximum atomic E-state index is 12.2. The van der Waals surface area contributed by atoms with Crippen LogP contribution in [0.25, 0.3) is 0 Å². The molecule has 0 spiro atoms. The summed E-state index contributed by atoms with van der Waals surface area (Å²) in [4.78, 5) is 38.2. The van der Waals surface area contributed by atoms with E-state index in [0.717, 1.165) is 17.7 Å². The van der Waals surface area contributed by atoms with E-state index in [9.17, 15) is 14.4 Å². The number of cyclic esters (lactones) is 1. The number of ether oxygens (including phenoxy) is 1. The van der Waals surface area contributed by atoms with Gasteiger partial charge in [-0.3, -0.25) is 4.79 Å². The zero-order valence-corrected chi connectivity index (χ0v) is 12.0. The number of imide groups is 1. The number of urea groups is 1. The molecule has 1 saturated carbocycles. The highest BCUT2D eigenvalue weighted by atomic mass is 16.6. The van der Waals surface area contributed by atoms with Gasteiger partial charge in [-0.05, 0) is 19.3 Å². The monoisotopic (exact) mass is 295 g/mol. The lowest BCUT2D eigenvalue weighted by Crippen LogP contribution is -2.47. The average molecular weight is 295 g/mol. The highest BCUT2D eigenvalue weighted by Crippen LogP contribution is 2.21. The maximum absolute atomic E-state index is 12.2. The second kappa shape index (κ2) is 5.91. The number of rotatable bonds is 2. The Morgan fingerprint density at radius 3 is 2.57 bits per heavy atom. The standard InChI is InChI=1S/C14H21N3O4/c18-12-9-21-14(20)17(12)11-6-7-16(8-11)13(19)15-10-4-2-1-3-5-10/h10-11H,1-9H2,(H,15,19). The molecule has 0 aromatic rings. The summed E-state index contributed by atoms with van der Waals surface area (Å²) in [7, 11) is 0. The molecule has 2 saturated heterocycles. The van der Waals surface area contributed by atoms with Crippen molar-refractivity contribution in [2.45, 2.75) is 50.6 Å². The van der Waals surface area contributed by atoms with Crippen LogP contribution in [0.15, 0.2) is 0 Å². The van der Waals surface area contributed by atoms with Gasteiger partial charge in [-0.25, -0.2) is 14.5 Å². The molecule has 3 fully saturated rings. The molecule has 2 heterocycles. The predicted octanol–water partition coefficient (Wildman–Crippen LogP) is 1.08. The van der Waals surface area contributed by atoms with Gasteiger partial charge >= 0.3 is 12.1 Å². The highest BCUT2D eigenvalue weighted by Gasteiger charge is 2.41. The summed E-state index contributed by atoms with van der Waals surface area (Å²) < 4.78 is 4.73. The maximum Gasteiger partial charge on any atom is 0.417 e. The minimum Gasteiger partial charge on any atom is -0.439 e. The van der Waals surface area contributed by atoms with E-state index in [-0.39, 0.29) is 30.6 Å². The van der Waals surface area contributed by atoms with E-state index in [1.807, 2.05) is 0 Å². The van der Waals surface area contributed by atoms with Crippen molar-refractivity contribution in [1.29, 1.82) is 0 Å². The smallest absolute Gasteiger partial charge is 0.417 e. The van der Waals surface area contributed by atoms with Crippen LogP contribution in [0, 0.1) is 0 Å². The fourth-order valence-electron chi connectivity index (χ4n) is 3.37. The fraction of sp³-hybridized carbons (Fsp3) is 0.786. The lowest BCUT2D eigenvalue weighted by molar-refractivity contribution is -0.127. The number of likely N-dealkylation sites (tertiary alicyclic amines) is 1. The van der Waals surface area contributed by atoms with Crippen LogP contribution in [0.3, 0.4) is 0 Å². The SMILES string of the molecule is O=C(NC1CCCCC1)N1CCC(N2C(=O)COC2=O)C1. The van der Waals surface area contributed by atoms with E-state index in [1.54, 1.807) is 4.90 Å².